The molecule has 2 nitrogen and oxygen atoms in total. The third-order valence-electron chi connectivity index (χ3n) is 2.44. The van der Waals surface area contributed by atoms with Gasteiger partial charge in [0.05, 0.1) is 6.61 Å². The minimum absolute atomic E-state index is 0.0804. The van der Waals surface area contributed by atoms with Crippen LogP contribution in [-0.2, 0) is 10.4 Å². The maximum atomic E-state index is 14.5. The van der Waals surface area contributed by atoms with E-state index < -0.39 is 5.67 Å². The van der Waals surface area contributed by atoms with Gasteiger partial charge in [0.1, 0.15) is 0 Å². The number of methoxy groups -OCH3 is 1. The smallest absolute Gasteiger partial charge is 0.159 e. The zero-order valence-electron chi connectivity index (χ0n) is 9.08. The normalized spacial score (nSPS) is 14.9. The monoisotopic (exact) mass is 211 g/mol. The molecule has 0 aliphatic rings. The lowest BCUT2D eigenvalue weighted by atomic mass is 9.92. The van der Waals surface area contributed by atoms with Gasteiger partial charge in [0.15, 0.2) is 5.67 Å². The predicted molar refractivity (Wildman–Crippen MR) is 59.4 cm³/mol. The van der Waals surface area contributed by atoms with E-state index in [0.717, 1.165) is 0 Å². The van der Waals surface area contributed by atoms with Crippen LogP contribution < -0.4 is 5.73 Å². The van der Waals surface area contributed by atoms with Crippen molar-refractivity contribution in [2.45, 2.75) is 18.5 Å². The second-order valence-corrected chi connectivity index (χ2v) is 3.66. The molecule has 0 saturated carbocycles. The summed E-state index contributed by atoms with van der Waals surface area (Å²) in [4.78, 5) is 0. The Morgan fingerprint density at radius 3 is 2.53 bits per heavy atom. The van der Waals surface area contributed by atoms with Gasteiger partial charge in [-0.2, -0.15) is 0 Å². The van der Waals surface area contributed by atoms with E-state index in [9.17, 15) is 4.39 Å². The van der Waals surface area contributed by atoms with Gasteiger partial charge in [-0.05, 0) is 24.9 Å². The second kappa shape index (κ2) is 5.83. The van der Waals surface area contributed by atoms with E-state index in [1.807, 2.05) is 18.2 Å². The van der Waals surface area contributed by atoms with Crippen molar-refractivity contribution in [2.24, 2.45) is 5.73 Å². The molecule has 0 aliphatic heterocycles. The van der Waals surface area contributed by atoms with Crippen LogP contribution in [0.3, 0.4) is 0 Å². The summed E-state index contributed by atoms with van der Waals surface area (Å²) in [7, 11) is 1.51. The molecule has 0 amide bonds. The lowest BCUT2D eigenvalue weighted by Crippen LogP contribution is -2.27. The molecule has 1 atom stereocenters. The quantitative estimate of drug-likeness (QED) is 0.783. The first-order valence-electron chi connectivity index (χ1n) is 5.16. The van der Waals surface area contributed by atoms with Crippen molar-refractivity contribution in [3.8, 4) is 0 Å². The van der Waals surface area contributed by atoms with Crippen LogP contribution in [0.5, 0.6) is 0 Å². The largest absolute Gasteiger partial charge is 0.381 e. The fraction of sp³-hybridized carbons (Fsp3) is 0.500. The summed E-state index contributed by atoms with van der Waals surface area (Å²) in [6.07, 6.45) is 1.07. The van der Waals surface area contributed by atoms with Crippen molar-refractivity contribution >= 4 is 0 Å². The fourth-order valence-electron chi connectivity index (χ4n) is 1.65. The molecular weight excluding hydrogens is 193 g/mol. The summed E-state index contributed by atoms with van der Waals surface area (Å²) in [6.45, 7) is 0.583. The lowest BCUT2D eigenvalue weighted by molar-refractivity contribution is 0.0304. The van der Waals surface area contributed by atoms with Crippen molar-refractivity contribution in [2.75, 3.05) is 20.3 Å². The first kappa shape index (κ1) is 12.1. The maximum Gasteiger partial charge on any atom is 0.159 e. The molecule has 0 spiro atoms. The molecule has 0 aromatic heterocycles. The van der Waals surface area contributed by atoms with E-state index in [1.165, 1.54) is 7.11 Å². The zero-order chi connectivity index (χ0) is 11.1. The highest BCUT2D eigenvalue weighted by Crippen LogP contribution is 2.31. The van der Waals surface area contributed by atoms with E-state index in [4.69, 9.17) is 10.5 Å². The number of rotatable bonds is 6. The van der Waals surface area contributed by atoms with Crippen LogP contribution in [0.4, 0.5) is 4.39 Å². The van der Waals surface area contributed by atoms with Gasteiger partial charge in [0, 0.05) is 7.11 Å². The Morgan fingerprint density at radius 1 is 1.33 bits per heavy atom. The van der Waals surface area contributed by atoms with Crippen molar-refractivity contribution in [1.29, 1.82) is 0 Å². The molecule has 2 N–H and O–H groups in total. The Kier molecular flexibility index (Phi) is 4.72. The molecular formula is C12H18FNO. The van der Waals surface area contributed by atoms with Gasteiger partial charge >= 0.3 is 0 Å². The summed E-state index contributed by atoms with van der Waals surface area (Å²) < 4.78 is 19.5. The molecule has 0 aliphatic carbocycles. The molecule has 3 heteroatoms. The molecule has 84 valence electrons. The van der Waals surface area contributed by atoms with Gasteiger partial charge < -0.3 is 10.5 Å². The highest BCUT2D eigenvalue weighted by atomic mass is 19.1. The molecule has 15 heavy (non-hydrogen) atoms. The lowest BCUT2D eigenvalue weighted by Gasteiger charge is -2.24. The molecule has 0 bridgehead atoms. The van der Waals surface area contributed by atoms with Crippen LogP contribution in [0.25, 0.3) is 0 Å². The summed E-state index contributed by atoms with van der Waals surface area (Å²) in [6, 6.07) is 9.12. The zero-order valence-corrected chi connectivity index (χ0v) is 9.08. The summed E-state index contributed by atoms with van der Waals surface area (Å²) in [5, 5.41) is 0. The standard InChI is InChI=1S/C12H18FNO/c1-15-10-12(13,8-5-9-14)11-6-3-2-4-7-11/h2-4,6-7H,5,8-10,14H2,1H3. The number of halogens is 1. The summed E-state index contributed by atoms with van der Waals surface area (Å²) >= 11 is 0. The number of hydrogen-bond acceptors (Lipinski definition) is 2. The van der Waals surface area contributed by atoms with Crippen LogP contribution in [0.1, 0.15) is 18.4 Å². The molecule has 0 saturated heterocycles. The fourth-order valence-corrected chi connectivity index (χ4v) is 1.65. The minimum atomic E-state index is -1.41. The average molecular weight is 211 g/mol. The molecule has 1 aromatic carbocycles. The average Bonchev–Trinajstić information content (AvgIpc) is 2.28. The van der Waals surface area contributed by atoms with Crippen LogP contribution in [0.15, 0.2) is 30.3 Å². The number of alkyl halides is 1. The topological polar surface area (TPSA) is 35.2 Å². The third kappa shape index (κ3) is 3.29. The van der Waals surface area contributed by atoms with Gasteiger partial charge in [-0.3, -0.25) is 0 Å². The van der Waals surface area contributed by atoms with E-state index in [-0.39, 0.29) is 6.61 Å². The van der Waals surface area contributed by atoms with E-state index in [1.54, 1.807) is 12.1 Å². The van der Waals surface area contributed by atoms with Crippen molar-refractivity contribution < 1.29 is 9.13 Å². The van der Waals surface area contributed by atoms with Crippen molar-refractivity contribution in [1.82, 2.24) is 0 Å². The second-order valence-electron chi connectivity index (χ2n) is 3.66. The number of nitrogens with two attached hydrogens (primary N) is 1. The van der Waals surface area contributed by atoms with E-state index >= 15 is 0 Å². The summed E-state index contributed by atoms with van der Waals surface area (Å²) in [5.41, 5.74) is 4.66. The molecule has 0 heterocycles. The van der Waals surface area contributed by atoms with Gasteiger partial charge in [0.2, 0.25) is 0 Å². The Labute approximate surface area is 90.2 Å². The Bertz CT molecular complexity index is 278. The van der Waals surface area contributed by atoms with Crippen LogP contribution in [0.2, 0.25) is 0 Å². The van der Waals surface area contributed by atoms with Crippen LogP contribution >= 0.6 is 0 Å². The number of benzene rings is 1. The van der Waals surface area contributed by atoms with Gasteiger partial charge in [-0.25, -0.2) is 4.39 Å². The molecule has 0 fully saturated rings. The minimum Gasteiger partial charge on any atom is -0.381 e. The molecule has 0 radical (unpaired) electrons. The van der Waals surface area contributed by atoms with Crippen LogP contribution in [-0.4, -0.2) is 20.3 Å². The van der Waals surface area contributed by atoms with E-state index in [2.05, 4.69) is 0 Å². The Balaban J connectivity index is 2.80. The molecule has 1 unspecified atom stereocenters. The highest BCUT2D eigenvalue weighted by Gasteiger charge is 2.30. The molecule has 1 rings (SSSR count). The number of hydrogen-bond donors (Lipinski definition) is 1. The number of ether oxygens (including phenoxy) is 1. The van der Waals surface area contributed by atoms with Crippen LogP contribution in [0, 0.1) is 0 Å². The Hall–Kier alpha value is -0.930. The highest BCUT2D eigenvalue weighted by molar-refractivity contribution is 5.22. The summed E-state index contributed by atoms with van der Waals surface area (Å²) in [5.74, 6) is 0. The van der Waals surface area contributed by atoms with Crippen molar-refractivity contribution in [3.63, 3.8) is 0 Å². The first-order chi connectivity index (χ1) is 7.23. The van der Waals surface area contributed by atoms with Gasteiger partial charge in [-0.1, -0.05) is 30.3 Å². The SMILES string of the molecule is COCC(F)(CCCN)c1ccccc1. The Morgan fingerprint density at radius 2 is 2.00 bits per heavy atom. The van der Waals surface area contributed by atoms with E-state index in [0.29, 0.717) is 24.9 Å². The maximum absolute atomic E-state index is 14.5. The molecule has 1 aromatic rings. The van der Waals surface area contributed by atoms with Crippen molar-refractivity contribution in [3.05, 3.63) is 35.9 Å². The van der Waals surface area contributed by atoms with Gasteiger partial charge in [0.25, 0.3) is 0 Å². The third-order valence-corrected chi connectivity index (χ3v) is 2.44. The predicted octanol–water partition coefficient (Wildman–Crippen LogP) is 2.24. The first-order valence-corrected chi connectivity index (χ1v) is 5.16. The van der Waals surface area contributed by atoms with Gasteiger partial charge in [-0.15, -0.1) is 0 Å².